The first-order valence-corrected chi connectivity index (χ1v) is 9.65. The summed E-state index contributed by atoms with van der Waals surface area (Å²) in [4.78, 5) is 11.8. The fourth-order valence-corrected chi connectivity index (χ4v) is 4.34. The van der Waals surface area contributed by atoms with Crippen LogP contribution in [0, 0.1) is 5.92 Å². The van der Waals surface area contributed by atoms with Crippen molar-refractivity contribution in [2.45, 2.75) is 18.7 Å². The minimum atomic E-state index is -3.92. The number of hydrogen-bond donors (Lipinski definition) is 1. The lowest BCUT2D eigenvalue weighted by Gasteiger charge is -2.24. The molecule has 2 aromatic carbocycles. The summed E-state index contributed by atoms with van der Waals surface area (Å²) < 4.78 is 32.3. The second-order valence-electron chi connectivity index (χ2n) is 6.31. The number of ether oxygens (including phenoxy) is 1. The zero-order chi connectivity index (χ0) is 19.3. The summed E-state index contributed by atoms with van der Waals surface area (Å²) in [6.45, 7) is 3.61. The molecule has 0 atom stereocenters. The summed E-state index contributed by atoms with van der Waals surface area (Å²) >= 11 is 0. The molecule has 2 rings (SSSR count). The van der Waals surface area contributed by atoms with Gasteiger partial charge in [0.2, 0.25) is 10.0 Å². The average molecular weight is 377 g/mol. The molecule has 0 aromatic heterocycles. The molecule has 0 aliphatic rings. The minimum Gasteiger partial charge on any atom is -0.508 e. The second-order valence-corrected chi connectivity index (χ2v) is 8.22. The molecule has 0 fully saturated rings. The molecule has 1 N–H and O–H groups in total. The average Bonchev–Trinajstić information content (AvgIpc) is 2.61. The van der Waals surface area contributed by atoms with Crippen LogP contribution in [0.1, 0.15) is 13.8 Å². The van der Waals surface area contributed by atoms with Crippen molar-refractivity contribution >= 4 is 16.0 Å². The third-order valence-electron chi connectivity index (χ3n) is 3.79. The minimum absolute atomic E-state index is 0.0373. The largest absolute Gasteiger partial charge is 0.508 e. The van der Waals surface area contributed by atoms with E-state index in [1.54, 1.807) is 30.3 Å². The van der Waals surface area contributed by atoms with Crippen molar-refractivity contribution in [1.82, 2.24) is 4.31 Å². The molecule has 0 saturated carbocycles. The highest BCUT2D eigenvalue weighted by Crippen LogP contribution is 2.30. The monoisotopic (exact) mass is 377 g/mol. The maximum atomic E-state index is 13.2. The van der Waals surface area contributed by atoms with Gasteiger partial charge in [0.1, 0.15) is 12.3 Å². The number of phenols is 1. The van der Waals surface area contributed by atoms with E-state index in [0.29, 0.717) is 11.1 Å². The van der Waals surface area contributed by atoms with Gasteiger partial charge in [0.15, 0.2) is 0 Å². The number of nitrogens with zero attached hydrogens (tertiary/aromatic N) is 1. The summed E-state index contributed by atoms with van der Waals surface area (Å²) in [7, 11) is -2.69. The molecule has 0 saturated heterocycles. The summed E-state index contributed by atoms with van der Waals surface area (Å²) in [5.41, 5.74) is 1.16. The molecule has 140 valence electrons. The van der Waals surface area contributed by atoms with Gasteiger partial charge >= 0.3 is 5.97 Å². The third kappa shape index (κ3) is 4.62. The SMILES string of the molecule is COC(=O)CN(CC(C)C)S(=O)(=O)c1ccccc1-c1ccc(O)cc1. The van der Waals surface area contributed by atoms with Crippen molar-refractivity contribution in [2.24, 2.45) is 5.92 Å². The molecule has 7 heteroatoms. The van der Waals surface area contributed by atoms with E-state index in [9.17, 15) is 18.3 Å². The lowest BCUT2D eigenvalue weighted by molar-refractivity contribution is -0.140. The van der Waals surface area contributed by atoms with Crippen LogP contribution in [0.4, 0.5) is 0 Å². The van der Waals surface area contributed by atoms with E-state index in [-0.39, 0.29) is 29.7 Å². The van der Waals surface area contributed by atoms with Crippen LogP contribution in [-0.2, 0) is 19.6 Å². The van der Waals surface area contributed by atoms with Crippen molar-refractivity contribution in [3.63, 3.8) is 0 Å². The summed E-state index contributed by atoms with van der Waals surface area (Å²) in [5.74, 6) is -0.479. The third-order valence-corrected chi connectivity index (χ3v) is 5.65. The number of benzene rings is 2. The molecule has 0 bridgehead atoms. The summed E-state index contributed by atoms with van der Waals surface area (Å²) in [5, 5.41) is 9.47. The van der Waals surface area contributed by atoms with Gasteiger partial charge in [-0.05, 0) is 29.7 Å². The first-order chi connectivity index (χ1) is 12.3. The van der Waals surface area contributed by atoms with E-state index in [2.05, 4.69) is 4.74 Å². The van der Waals surface area contributed by atoms with Gasteiger partial charge in [-0.3, -0.25) is 4.79 Å². The van der Waals surface area contributed by atoms with Crippen LogP contribution in [0.15, 0.2) is 53.4 Å². The molecular formula is C19H23NO5S. The van der Waals surface area contributed by atoms with Crippen molar-refractivity contribution in [2.75, 3.05) is 20.2 Å². The number of sulfonamides is 1. The topological polar surface area (TPSA) is 83.9 Å². The molecule has 26 heavy (non-hydrogen) atoms. The Labute approximate surface area is 154 Å². The van der Waals surface area contributed by atoms with E-state index >= 15 is 0 Å². The number of methoxy groups -OCH3 is 1. The normalized spacial score (nSPS) is 11.7. The van der Waals surface area contributed by atoms with Gasteiger partial charge in [-0.15, -0.1) is 0 Å². The first-order valence-electron chi connectivity index (χ1n) is 8.21. The number of aromatic hydroxyl groups is 1. The van der Waals surface area contributed by atoms with E-state index in [1.165, 1.54) is 25.3 Å². The van der Waals surface area contributed by atoms with Gasteiger partial charge in [0.25, 0.3) is 0 Å². The van der Waals surface area contributed by atoms with Crippen molar-refractivity contribution < 1.29 is 23.1 Å². The van der Waals surface area contributed by atoms with Gasteiger partial charge in [-0.2, -0.15) is 4.31 Å². The zero-order valence-electron chi connectivity index (χ0n) is 15.0. The van der Waals surface area contributed by atoms with Crippen LogP contribution in [0.5, 0.6) is 5.75 Å². The Hall–Kier alpha value is -2.38. The Morgan fingerprint density at radius 1 is 1.12 bits per heavy atom. The Bertz CT molecular complexity index is 860. The van der Waals surface area contributed by atoms with Gasteiger partial charge in [0.05, 0.1) is 12.0 Å². The quantitative estimate of drug-likeness (QED) is 0.750. The van der Waals surface area contributed by atoms with E-state index in [4.69, 9.17) is 0 Å². The highest BCUT2D eigenvalue weighted by molar-refractivity contribution is 7.89. The molecule has 0 radical (unpaired) electrons. The smallest absolute Gasteiger partial charge is 0.321 e. The number of esters is 1. The molecule has 6 nitrogen and oxygen atoms in total. The van der Waals surface area contributed by atoms with Gasteiger partial charge in [0, 0.05) is 12.1 Å². The molecular weight excluding hydrogens is 354 g/mol. The summed E-state index contributed by atoms with van der Waals surface area (Å²) in [6.07, 6.45) is 0. The predicted octanol–water partition coefficient (Wildman–Crippen LogP) is 2.88. The van der Waals surface area contributed by atoms with E-state index < -0.39 is 16.0 Å². The van der Waals surface area contributed by atoms with E-state index in [0.717, 1.165) is 4.31 Å². The molecule has 0 amide bonds. The molecule has 0 unspecified atom stereocenters. The van der Waals surface area contributed by atoms with Gasteiger partial charge in [-0.1, -0.05) is 44.2 Å². The molecule has 0 aliphatic carbocycles. The molecule has 0 aliphatic heterocycles. The molecule has 2 aromatic rings. The number of hydrogen-bond acceptors (Lipinski definition) is 5. The molecule has 0 spiro atoms. The Morgan fingerprint density at radius 3 is 2.31 bits per heavy atom. The van der Waals surface area contributed by atoms with Crippen LogP contribution >= 0.6 is 0 Å². The Morgan fingerprint density at radius 2 is 1.73 bits per heavy atom. The lowest BCUT2D eigenvalue weighted by atomic mass is 10.1. The van der Waals surface area contributed by atoms with Crippen LogP contribution in [0.2, 0.25) is 0 Å². The maximum Gasteiger partial charge on any atom is 0.321 e. The first kappa shape index (κ1) is 19.9. The van der Waals surface area contributed by atoms with Crippen LogP contribution in [0.3, 0.4) is 0 Å². The number of rotatable bonds is 7. The van der Waals surface area contributed by atoms with Crippen molar-refractivity contribution in [3.8, 4) is 16.9 Å². The zero-order valence-corrected chi connectivity index (χ0v) is 15.9. The number of carbonyl (C=O) groups is 1. The Kier molecular flexibility index (Phi) is 6.39. The van der Waals surface area contributed by atoms with E-state index in [1.807, 2.05) is 13.8 Å². The number of phenolic OH excluding ortho intramolecular Hbond substituents is 1. The standard InChI is InChI=1S/C19H23NO5S/c1-14(2)12-20(13-19(22)25-3)26(23,24)18-7-5-4-6-17(18)15-8-10-16(21)11-9-15/h4-11,14,21H,12-13H2,1-3H3. The van der Waals surface area contributed by atoms with Gasteiger partial charge < -0.3 is 9.84 Å². The fourth-order valence-electron chi connectivity index (χ4n) is 2.57. The van der Waals surface area contributed by atoms with Crippen LogP contribution < -0.4 is 0 Å². The highest BCUT2D eigenvalue weighted by atomic mass is 32.2. The maximum absolute atomic E-state index is 13.2. The van der Waals surface area contributed by atoms with Crippen molar-refractivity contribution in [1.29, 1.82) is 0 Å². The fraction of sp³-hybridized carbons (Fsp3) is 0.316. The summed E-state index contributed by atoms with van der Waals surface area (Å²) in [6, 6.07) is 12.9. The highest BCUT2D eigenvalue weighted by Gasteiger charge is 2.29. The van der Waals surface area contributed by atoms with Crippen LogP contribution in [0.25, 0.3) is 11.1 Å². The molecule has 0 heterocycles. The Balaban J connectivity index is 2.53. The van der Waals surface area contributed by atoms with Crippen molar-refractivity contribution in [3.05, 3.63) is 48.5 Å². The number of carbonyl (C=O) groups excluding carboxylic acids is 1. The second kappa shape index (κ2) is 8.33. The lowest BCUT2D eigenvalue weighted by Crippen LogP contribution is -2.38. The van der Waals surface area contributed by atoms with Crippen LogP contribution in [-0.4, -0.2) is 44.0 Å². The van der Waals surface area contributed by atoms with Gasteiger partial charge in [-0.25, -0.2) is 8.42 Å². The predicted molar refractivity (Wildman–Crippen MR) is 99.2 cm³/mol.